The minimum atomic E-state index is -0.229. The van der Waals surface area contributed by atoms with E-state index in [2.05, 4.69) is 304 Å². The molecule has 0 amide bonds. The fourth-order valence-electron chi connectivity index (χ4n) is 10.4. The number of anilines is 5. The van der Waals surface area contributed by atoms with Gasteiger partial charge in [-0.25, -0.2) is 11.5 Å². The maximum atomic E-state index is 5.04. The molecule has 0 radical (unpaired) electrons. The number of rotatable bonds is 11. The third-order valence-electron chi connectivity index (χ3n) is 15.3. The summed E-state index contributed by atoms with van der Waals surface area (Å²) in [6, 6.07) is 67.8. The first kappa shape index (κ1) is 53.2. The molecule has 7 aromatic carbocycles. The van der Waals surface area contributed by atoms with E-state index in [9.17, 15) is 0 Å². The van der Waals surface area contributed by atoms with Crippen LogP contribution in [0.3, 0.4) is 0 Å². The Hall–Kier alpha value is -6.68. The minimum absolute atomic E-state index is 0. The molecule has 75 heavy (non-hydrogen) atoms. The van der Waals surface area contributed by atoms with E-state index < -0.39 is 0 Å². The molecule has 0 bridgehead atoms. The molecular formula is C69H72N5Pt-3. The van der Waals surface area contributed by atoms with Gasteiger partial charge in [-0.15, -0.1) is 47.0 Å². The SMILES string of the molecule is CC(C)(C)c1cc(N2C=CC(Nc3cc(C(C)(C)c4ccccc4)cc(C(C)(C)c4ccccc4)c3)[CH-]2)[c-]c(N(c2[c-]c3c(cc2)c2cc(C(C)(C)C)ccc2n3-c2cc(C(C)(C)C)ccn2)c2ccccc2)c1.[Pt]. The molecule has 3 heterocycles. The van der Waals surface area contributed by atoms with Gasteiger partial charge in [0.25, 0.3) is 0 Å². The number of pyridine rings is 1. The van der Waals surface area contributed by atoms with Crippen LogP contribution in [-0.2, 0) is 48.1 Å². The van der Waals surface area contributed by atoms with Gasteiger partial charge in [0.1, 0.15) is 5.82 Å². The fraction of sp³-hybridized carbons (Fsp3) is 0.275. The second kappa shape index (κ2) is 20.1. The first-order valence-corrected chi connectivity index (χ1v) is 26.3. The van der Waals surface area contributed by atoms with Gasteiger partial charge < -0.3 is 19.7 Å². The van der Waals surface area contributed by atoms with Crippen molar-refractivity contribution in [3.63, 3.8) is 0 Å². The molecule has 0 fully saturated rings. The Bertz CT molecular complexity index is 3440. The molecule has 1 N–H and O–H groups in total. The first-order valence-electron chi connectivity index (χ1n) is 26.3. The number of fused-ring (bicyclic) bond motifs is 3. The van der Waals surface area contributed by atoms with Crippen molar-refractivity contribution in [3.8, 4) is 5.82 Å². The van der Waals surface area contributed by atoms with Crippen molar-refractivity contribution in [2.75, 3.05) is 15.1 Å². The Morgan fingerprint density at radius 1 is 0.507 bits per heavy atom. The van der Waals surface area contributed by atoms with E-state index in [0.717, 1.165) is 50.7 Å². The van der Waals surface area contributed by atoms with Crippen LogP contribution >= 0.6 is 0 Å². The number of hydrogen-bond acceptors (Lipinski definition) is 4. The Balaban J connectivity index is 0.00000689. The molecule has 5 nitrogen and oxygen atoms in total. The molecule has 1 unspecified atom stereocenters. The van der Waals surface area contributed by atoms with Crippen LogP contribution in [0.2, 0.25) is 0 Å². The predicted octanol–water partition coefficient (Wildman–Crippen LogP) is 17.8. The van der Waals surface area contributed by atoms with Gasteiger partial charge in [0.2, 0.25) is 0 Å². The van der Waals surface area contributed by atoms with Crippen molar-refractivity contribution in [1.29, 1.82) is 0 Å². The molecule has 1 aliphatic heterocycles. The summed E-state index contributed by atoms with van der Waals surface area (Å²) < 4.78 is 2.31. The monoisotopic (exact) mass is 1170 g/mol. The van der Waals surface area contributed by atoms with Crippen LogP contribution < -0.4 is 15.1 Å². The summed E-state index contributed by atoms with van der Waals surface area (Å²) in [6.07, 6.45) is 6.38. The van der Waals surface area contributed by atoms with Crippen LogP contribution in [-0.4, -0.2) is 15.6 Å². The van der Waals surface area contributed by atoms with Gasteiger partial charge >= 0.3 is 0 Å². The zero-order valence-electron chi connectivity index (χ0n) is 46.1. The normalized spacial score (nSPS) is 14.4. The summed E-state index contributed by atoms with van der Waals surface area (Å²) in [7, 11) is 0. The standard InChI is InChI=1S/C69H72N5.Pt/c1-65(2,3)49-29-32-62-61(42-49)60-31-30-57(45-63(60)74(62)64-43-50(33-35-70-64)66(4,5)6)73(56-27-21-16-22-28-56)59-41-51(67(7,8)9)40-58(44-59)72-36-34-54(46-72)71-55-38-52(68(10,11)47-23-17-14-18-24-47)37-53(39-55)69(12,13)48-25-19-15-20-26-48;/h14-43,46,54,71H,1-13H3;/q-3;. The molecule has 0 saturated heterocycles. The van der Waals surface area contributed by atoms with E-state index in [1.807, 2.05) is 6.20 Å². The number of nitrogens with zero attached hydrogens (tertiary/aromatic N) is 4. The summed E-state index contributed by atoms with van der Waals surface area (Å²) in [5.74, 6) is 0.881. The van der Waals surface area contributed by atoms with Gasteiger partial charge in [0.05, 0.1) is 0 Å². The van der Waals surface area contributed by atoms with E-state index >= 15 is 0 Å². The average Bonchev–Trinajstić information content (AvgIpc) is 4.00. The fourth-order valence-corrected chi connectivity index (χ4v) is 10.4. The zero-order chi connectivity index (χ0) is 52.4. The second-order valence-corrected chi connectivity index (χ2v) is 24.5. The third kappa shape index (κ3) is 10.6. The van der Waals surface area contributed by atoms with Crippen LogP contribution in [0.4, 0.5) is 28.4 Å². The van der Waals surface area contributed by atoms with Crippen LogP contribution in [0, 0.1) is 18.7 Å². The molecule has 10 rings (SSSR count). The molecule has 0 aliphatic carbocycles. The molecule has 1 atom stereocenters. The summed E-state index contributed by atoms with van der Waals surface area (Å²) in [4.78, 5) is 9.59. The maximum absolute atomic E-state index is 5.04. The van der Waals surface area contributed by atoms with Gasteiger partial charge in [0.15, 0.2) is 0 Å². The molecule has 6 heteroatoms. The molecule has 0 spiro atoms. The maximum Gasteiger partial charge on any atom is 0.135 e. The van der Waals surface area contributed by atoms with Crippen molar-refractivity contribution in [2.24, 2.45) is 0 Å². The van der Waals surface area contributed by atoms with E-state index in [1.165, 1.54) is 44.3 Å². The summed E-state index contributed by atoms with van der Waals surface area (Å²) in [5.41, 5.74) is 15.1. The number of aromatic nitrogens is 2. The summed E-state index contributed by atoms with van der Waals surface area (Å²) in [5, 5.41) is 6.28. The Morgan fingerprint density at radius 3 is 1.67 bits per heavy atom. The Kier molecular flexibility index (Phi) is 14.3. The summed E-state index contributed by atoms with van der Waals surface area (Å²) >= 11 is 0. The van der Waals surface area contributed by atoms with Crippen LogP contribution in [0.1, 0.15) is 129 Å². The molecule has 2 aromatic heterocycles. The van der Waals surface area contributed by atoms with E-state index in [1.54, 1.807) is 0 Å². The zero-order valence-corrected chi connectivity index (χ0v) is 48.4. The van der Waals surface area contributed by atoms with Crippen molar-refractivity contribution in [2.45, 2.75) is 123 Å². The van der Waals surface area contributed by atoms with Crippen molar-refractivity contribution >= 4 is 50.2 Å². The molecule has 386 valence electrons. The molecular weight excluding hydrogens is 1090 g/mol. The Morgan fingerprint density at radius 2 is 1.08 bits per heavy atom. The third-order valence-corrected chi connectivity index (χ3v) is 15.3. The average molecular weight is 1170 g/mol. The molecule has 9 aromatic rings. The van der Waals surface area contributed by atoms with Crippen LogP contribution in [0.15, 0.2) is 182 Å². The van der Waals surface area contributed by atoms with E-state index in [0.29, 0.717) is 0 Å². The second-order valence-electron chi connectivity index (χ2n) is 24.5. The van der Waals surface area contributed by atoms with Gasteiger partial charge in [0, 0.05) is 55.0 Å². The number of hydrogen-bond donors (Lipinski definition) is 1. The van der Waals surface area contributed by atoms with Gasteiger partial charge in [-0.3, -0.25) is 0 Å². The van der Waals surface area contributed by atoms with Gasteiger partial charge in [-0.2, -0.15) is 6.07 Å². The van der Waals surface area contributed by atoms with Gasteiger partial charge in [-0.1, -0.05) is 216 Å². The van der Waals surface area contributed by atoms with E-state index in [4.69, 9.17) is 4.98 Å². The quantitative estimate of drug-likeness (QED) is 0.131. The molecule has 0 saturated carbocycles. The predicted molar refractivity (Wildman–Crippen MR) is 314 cm³/mol. The van der Waals surface area contributed by atoms with Crippen LogP contribution in [0.25, 0.3) is 27.6 Å². The van der Waals surface area contributed by atoms with Crippen molar-refractivity contribution in [3.05, 3.63) is 240 Å². The van der Waals surface area contributed by atoms with Crippen LogP contribution in [0.5, 0.6) is 0 Å². The number of para-hydroxylation sites is 1. The first-order chi connectivity index (χ1) is 35.1. The largest absolute Gasteiger partial charge is 0.519 e. The summed E-state index contributed by atoms with van der Waals surface area (Å²) in [6.45, 7) is 32.1. The number of nitrogens with one attached hydrogen (secondary N) is 1. The van der Waals surface area contributed by atoms with Gasteiger partial charge in [-0.05, 0) is 104 Å². The Labute approximate surface area is 462 Å². The minimum Gasteiger partial charge on any atom is -0.519 e. The smallest absolute Gasteiger partial charge is 0.135 e. The van der Waals surface area contributed by atoms with Crippen molar-refractivity contribution < 1.29 is 21.1 Å². The number of benzene rings is 7. The van der Waals surface area contributed by atoms with Crippen molar-refractivity contribution in [1.82, 2.24) is 9.55 Å². The topological polar surface area (TPSA) is 36.3 Å². The molecule has 1 aliphatic rings. The van der Waals surface area contributed by atoms with E-state index in [-0.39, 0.29) is 54.2 Å².